The smallest absolute Gasteiger partial charge is 0.162 e. The number of aromatic nitrogens is 1. The molecule has 1 aromatic carbocycles. The molecule has 0 amide bonds. The lowest BCUT2D eigenvalue weighted by Crippen LogP contribution is -2.27. The summed E-state index contributed by atoms with van der Waals surface area (Å²) in [6.45, 7) is 10.7. The maximum atomic E-state index is 9.02. The highest BCUT2D eigenvalue weighted by Gasteiger charge is 2.11. The van der Waals surface area contributed by atoms with E-state index in [0.29, 0.717) is 12.4 Å². The lowest BCUT2D eigenvalue weighted by Gasteiger charge is -2.18. The van der Waals surface area contributed by atoms with Gasteiger partial charge in [-0.2, -0.15) is 0 Å². The van der Waals surface area contributed by atoms with Gasteiger partial charge in [0.1, 0.15) is 24.7 Å². The van der Waals surface area contributed by atoms with Gasteiger partial charge in [-0.1, -0.05) is 31.1 Å². The maximum Gasteiger partial charge on any atom is 0.162 e. The minimum atomic E-state index is -0.130. The Kier molecular flexibility index (Phi) is 7.91. The Bertz CT molecular complexity index is 609. The fourth-order valence-corrected chi connectivity index (χ4v) is 2.52. The summed E-state index contributed by atoms with van der Waals surface area (Å²) in [4.78, 5) is 2.34. The molecular weight excluding hydrogens is 318 g/mol. The number of ether oxygens (including phenoxy) is 1. The minimum Gasteiger partial charge on any atom is -0.492 e. The first kappa shape index (κ1) is 19.4. The Morgan fingerprint density at radius 1 is 1.24 bits per heavy atom. The standard InChI is InChI=1S/C19H29N3O3/c1-4-22(5-2)10-11-24-17-8-6-16(7-9-17)13-20-15(3)19-12-18(14-23)25-21-19/h6-9,12,15,20,23H,4-5,10-11,13-14H2,1-3H3. The molecule has 2 rings (SSSR count). The van der Waals surface area contributed by atoms with Gasteiger partial charge in [-0.15, -0.1) is 0 Å². The second kappa shape index (κ2) is 10.2. The van der Waals surface area contributed by atoms with Crippen molar-refractivity contribution in [2.75, 3.05) is 26.2 Å². The first-order chi connectivity index (χ1) is 12.2. The topological polar surface area (TPSA) is 70.8 Å². The lowest BCUT2D eigenvalue weighted by molar-refractivity contribution is 0.223. The van der Waals surface area contributed by atoms with Gasteiger partial charge in [-0.3, -0.25) is 0 Å². The second-order valence-corrected chi connectivity index (χ2v) is 6.00. The highest BCUT2D eigenvalue weighted by atomic mass is 16.5. The van der Waals surface area contributed by atoms with E-state index < -0.39 is 0 Å². The minimum absolute atomic E-state index is 0.0500. The Balaban J connectivity index is 1.76. The molecule has 0 saturated carbocycles. The number of aliphatic hydroxyl groups is 1. The van der Waals surface area contributed by atoms with Crippen LogP contribution in [0.1, 0.15) is 43.8 Å². The van der Waals surface area contributed by atoms with Crippen LogP contribution >= 0.6 is 0 Å². The van der Waals surface area contributed by atoms with Gasteiger partial charge in [0.05, 0.1) is 6.04 Å². The summed E-state index contributed by atoms with van der Waals surface area (Å²) < 4.78 is 10.8. The van der Waals surface area contributed by atoms with Crippen molar-refractivity contribution >= 4 is 0 Å². The zero-order valence-electron chi connectivity index (χ0n) is 15.4. The summed E-state index contributed by atoms with van der Waals surface area (Å²) in [5.74, 6) is 1.38. The molecule has 0 aliphatic rings. The molecule has 0 aliphatic carbocycles. The molecule has 0 saturated heterocycles. The average molecular weight is 347 g/mol. The number of benzene rings is 1. The number of rotatable bonds is 11. The van der Waals surface area contributed by atoms with Crippen molar-refractivity contribution in [2.45, 2.75) is 40.0 Å². The third kappa shape index (κ3) is 6.16. The zero-order valence-corrected chi connectivity index (χ0v) is 15.4. The van der Waals surface area contributed by atoms with Gasteiger partial charge in [-0.25, -0.2) is 0 Å². The molecular formula is C19H29N3O3. The van der Waals surface area contributed by atoms with Crippen molar-refractivity contribution in [3.63, 3.8) is 0 Å². The van der Waals surface area contributed by atoms with E-state index in [1.165, 1.54) is 5.56 Å². The molecule has 0 aliphatic heterocycles. The molecule has 6 heteroatoms. The molecule has 0 spiro atoms. The van der Waals surface area contributed by atoms with E-state index in [9.17, 15) is 0 Å². The molecule has 2 N–H and O–H groups in total. The normalized spacial score (nSPS) is 12.5. The predicted molar refractivity (Wildman–Crippen MR) is 97.4 cm³/mol. The van der Waals surface area contributed by atoms with E-state index in [2.05, 4.69) is 41.4 Å². The van der Waals surface area contributed by atoms with Gasteiger partial charge in [0.15, 0.2) is 5.76 Å². The van der Waals surface area contributed by atoms with Crippen molar-refractivity contribution in [1.82, 2.24) is 15.4 Å². The zero-order chi connectivity index (χ0) is 18.1. The number of nitrogens with zero attached hydrogens (tertiary/aromatic N) is 2. The first-order valence-corrected chi connectivity index (χ1v) is 8.90. The van der Waals surface area contributed by atoms with Crippen LogP contribution in [-0.4, -0.2) is 41.4 Å². The average Bonchev–Trinajstić information content (AvgIpc) is 3.13. The molecule has 1 heterocycles. The van der Waals surface area contributed by atoms with Crippen molar-refractivity contribution in [3.8, 4) is 5.75 Å². The molecule has 25 heavy (non-hydrogen) atoms. The van der Waals surface area contributed by atoms with Crippen LogP contribution in [0, 0.1) is 0 Å². The Labute approximate surface area is 149 Å². The lowest BCUT2D eigenvalue weighted by atomic mass is 10.2. The second-order valence-electron chi connectivity index (χ2n) is 6.00. The van der Waals surface area contributed by atoms with E-state index in [1.807, 2.05) is 19.1 Å². The molecule has 0 bridgehead atoms. The van der Waals surface area contributed by atoms with Crippen LogP contribution in [0.3, 0.4) is 0 Å². The third-order valence-electron chi connectivity index (χ3n) is 4.28. The van der Waals surface area contributed by atoms with Crippen LogP contribution in [0.25, 0.3) is 0 Å². The van der Waals surface area contributed by atoms with Gasteiger partial charge in [0.2, 0.25) is 0 Å². The highest BCUT2D eigenvalue weighted by Crippen LogP contribution is 2.15. The molecule has 1 unspecified atom stereocenters. The van der Waals surface area contributed by atoms with Crippen molar-refractivity contribution in [2.24, 2.45) is 0 Å². The van der Waals surface area contributed by atoms with E-state index in [4.69, 9.17) is 14.4 Å². The molecule has 2 aromatic rings. The van der Waals surface area contributed by atoms with Crippen LogP contribution in [0.15, 0.2) is 34.9 Å². The number of likely N-dealkylation sites (N-methyl/N-ethyl adjacent to an activating group) is 1. The summed E-state index contributed by atoms with van der Waals surface area (Å²) in [7, 11) is 0. The monoisotopic (exact) mass is 347 g/mol. The van der Waals surface area contributed by atoms with E-state index in [1.54, 1.807) is 6.07 Å². The van der Waals surface area contributed by atoms with E-state index >= 15 is 0 Å². The van der Waals surface area contributed by atoms with Crippen molar-refractivity contribution in [3.05, 3.63) is 47.3 Å². The van der Waals surface area contributed by atoms with Crippen molar-refractivity contribution < 1.29 is 14.4 Å². The number of aliphatic hydroxyl groups excluding tert-OH is 1. The molecule has 6 nitrogen and oxygen atoms in total. The summed E-state index contributed by atoms with van der Waals surface area (Å²) in [5, 5.41) is 16.4. The largest absolute Gasteiger partial charge is 0.492 e. The van der Waals surface area contributed by atoms with Crippen molar-refractivity contribution in [1.29, 1.82) is 0 Å². The molecule has 1 atom stereocenters. The summed E-state index contributed by atoms with van der Waals surface area (Å²) in [5.41, 5.74) is 1.97. The highest BCUT2D eigenvalue weighted by molar-refractivity contribution is 5.27. The number of hydrogen-bond donors (Lipinski definition) is 2. The Morgan fingerprint density at radius 2 is 1.96 bits per heavy atom. The summed E-state index contributed by atoms with van der Waals surface area (Å²) in [6.07, 6.45) is 0. The van der Waals surface area contributed by atoms with Crippen LogP contribution in [-0.2, 0) is 13.2 Å². The predicted octanol–water partition coefficient (Wildman–Crippen LogP) is 2.74. The van der Waals surface area contributed by atoms with Crippen LogP contribution in [0.5, 0.6) is 5.75 Å². The fourth-order valence-electron chi connectivity index (χ4n) is 2.52. The molecule has 0 fully saturated rings. The van der Waals surface area contributed by atoms with Crippen LogP contribution in [0.4, 0.5) is 0 Å². The maximum absolute atomic E-state index is 9.02. The van der Waals surface area contributed by atoms with E-state index in [-0.39, 0.29) is 12.6 Å². The van der Waals surface area contributed by atoms with Crippen LogP contribution in [0.2, 0.25) is 0 Å². The van der Waals surface area contributed by atoms with Gasteiger partial charge in [-0.05, 0) is 37.7 Å². The quantitative estimate of drug-likeness (QED) is 0.651. The van der Waals surface area contributed by atoms with Gasteiger partial charge in [0, 0.05) is 19.2 Å². The Morgan fingerprint density at radius 3 is 2.56 bits per heavy atom. The first-order valence-electron chi connectivity index (χ1n) is 8.90. The number of hydrogen-bond acceptors (Lipinski definition) is 6. The third-order valence-corrected chi connectivity index (χ3v) is 4.28. The van der Waals surface area contributed by atoms with Gasteiger partial charge in [0.25, 0.3) is 0 Å². The summed E-state index contributed by atoms with van der Waals surface area (Å²) in [6, 6.07) is 9.95. The molecule has 1 aromatic heterocycles. The Hall–Kier alpha value is -1.89. The van der Waals surface area contributed by atoms with E-state index in [0.717, 1.165) is 37.6 Å². The number of nitrogens with one attached hydrogen (secondary N) is 1. The molecule has 0 radical (unpaired) electrons. The van der Waals surface area contributed by atoms with Gasteiger partial charge >= 0.3 is 0 Å². The summed E-state index contributed by atoms with van der Waals surface area (Å²) >= 11 is 0. The fraction of sp³-hybridized carbons (Fsp3) is 0.526. The molecule has 138 valence electrons. The van der Waals surface area contributed by atoms with Gasteiger partial charge < -0.3 is 24.6 Å². The SMILES string of the molecule is CCN(CC)CCOc1ccc(CNC(C)c2cc(CO)on2)cc1. The van der Waals surface area contributed by atoms with Crippen LogP contribution < -0.4 is 10.1 Å².